The molecule has 5 aliphatic rings. The van der Waals surface area contributed by atoms with Crippen molar-refractivity contribution < 1.29 is 28.7 Å². The third-order valence-electron chi connectivity index (χ3n) is 12.4. The van der Waals surface area contributed by atoms with E-state index >= 15 is 0 Å². The topological polar surface area (TPSA) is 133 Å². The van der Waals surface area contributed by atoms with Crippen molar-refractivity contribution in [2.45, 2.75) is 90.7 Å². The van der Waals surface area contributed by atoms with Gasteiger partial charge in [0.25, 0.3) is 17.7 Å². The summed E-state index contributed by atoms with van der Waals surface area (Å²) in [4.78, 5) is 73.0. The maximum absolute atomic E-state index is 13.6. The van der Waals surface area contributed by atoms with E-state index in [1.165, 1.54) is 0 Å². The van der Waals surface area contributed by atoms with E-state index in [1.54, 1.807) is 30.3 Å². The van der Waals surface area contributed by atoms with Crippen LogP contribution in [0.5, 0.6) is 5.75 Å². The highest BCUT2D eigenvalue weighted by atomic mass is 35.5. The Bertz CT molecular complexity index is 2130. The molecule has 13 heteroatoms. The van der Waals surface area contributed by atoms with Crippen LogP contribution >= 0.6 is 11.6 Å². The molecule has 284 valence electrons. The lowest BCUT2D eigenvalue weighted by Crippen LogP contribution is -2.72. The SMILES string of the molecule is [C-]#[N+]c1ccc(OC2C(C)(C)C(Nc3ccc(C(=O)N4CCC(N5Cc6cc7c(cc6C5)C(=O)N(C5CCC(=O)NC5=O)C7=O)CC4)cc3)C2(C)C)cc1Cl. The number of fused-ring (bicyclic) bond motifs is 2. The molecule has 0 spiro atoms. The fraction of sp³-hybridized carbons (Fsp3) is 0.429. The molecule has 4 aliphatic heterocycles. The number of halogens is 1. The minimum absolute atomic E-state index is 0.00406. The number of ether oxygens (including phenoxy) is 1. The third kappa shape index (κ3) is 6.23. The molecule has 2 saturated heterocycles. The Labute approximate surface area is 324 Å². The fourth-order valence-corrected chi connectivity index (χ4v) is 9.95. The molecule has 8 rings (SSSR count). The zero-order valence-corrected chi connectivity index (χ0v) is 32.0. The van der Waals surface area contributed by atoms with Gasteiger partial charge in [-0.1, -0.05) is 45.4 Å². The van der Waals surface area contributed by atoms with Crippen molar-refractivity contribution in [2.24, 2.45) is 10.8 Å². The van der Waals surface area contributed by atoms with Crippen LogP contribution in [-0.2, 0) is 22.7 Å². The van der Waals surface area contributed by atoms with Crippen LogP contribution in [0.3, 0.4) is 0 Å². The molecule has 3 aromatic rings. The molecule has 1 atom stereocenters. The lowest BCUT2D eigenvalue weighted by molar-refractivity contribution is -0.147. The average molecular weight is 763 g/mol. The predicted molar refractivity (Wildman–Crippen MR) is 205 cm³/mol. The van der Waals surface area contributed by atoms with Crippen LogP contribution in [0.15, 0.2) is 54.6 Å². The normalized spacial score (nSPS) is 24.5. The lowest BCUT2D eigenvalue weighted by Gasteiger charge is -2.63. The van der Waals surface area contributed by atoms with E-state index in [1.807, 2.05) is 29.2 Å². The van der Waals surface area contributed by atoms with Gasteiger partial charge in [-0.3, -0.25) is 39.1 Å². The minimum Gasteiger partial charge on any atom is -0.489 e. The smallest absolute Gasteiger partial charge is 0.262 e. The largest absolute Gasteiger partial charge is 0.489 e. The first-order chi connectivity index (χ1) is 26.2. The van der Waals surface area contributed by atoms with Gasteiger partial charge < -0.3 is 15.0 Å². The summed E-state index contributed by atoms with van der Waals surface area (Å²) in [5, 5.41) is 6.30. The second kappa shape index (κ2) is 13.5. The van der Waals surface area contributed by atoms with Gasteiger partial charge in [-0.05, 0) is 78.9 Å². The molecule has 4 heterocycles. The van der Waals surface area contributed by atoms with E-state index in [4.69, 9.17) is 22.9 Å². The van der Waals surface area contributed by atoms with E-state index in [-0.39, 0.29) is 47.8 Å². The van der Waals surface area contributed by atoms with Crippen molar-refractivity contribution in [1.82, 2.24) is 20.0 Å². The van der Waals surface area contributed by atoms with Crippen molar-refractivity contribution in [3.63, 3.8) is 0 Å². The molecule has 5 amide bonds. The molecular weight excluding hydrogens is 720 g/mol. The van der Waals surface area contributed by atoms with E-state index in [0.717, 1.165) is 34.6 Å². The minimum atomic E-state index is -0.982. The molecule has 1 aliphatic carbocycles. The van der Waals surface area contributed by atoms with Gasteiger partial charge >= 0.3 is 0 Å². The van der Waals surface area contributed by atoms with Gasteiger partial charge in [0.15, 0.2) is 0 Å². The predicted octanol–water partition coefficient (Wildman–Crippen LogP) is 6.21. The Kier molecular flexibility index (Phi) is 9.01. The second-order valence-electron chi connectivity index (χ2n) is 16.6. The van der Waals surface area contributed by atoms with Crippen LogP contribution in [0.25, 0.3) is 4.85 Å². The van der Waals surface area contributed by atoms with Gasteiger partial charge in [0, 0.05) is 66.8 Å². The van der Waals surface area contributed by atoms with Gasteiger partial charge in [-0.15, -0.1) is 0 Å². The average Bonchev–Trinajstić information content (AvgIpc) is 3.69. The number of anilines is 1. The summed E-state index contributed by atoms with van der Waals surface area (Å²) in [7, 11) is 0. The number of piperidine rings is 2. The van der Waals surface area contributed by atoms with Crippen LogP contribution in [0, 0.1) is 17.4 Å². The lowest BCUT2D eigenvalue weighted by atomic mass is 9.49. The molecule has 3 aromatic carbocycles. The van der Waals surface area contributed by atoms with Crippen molar-refractivity contribution >= 4 is 52.5 Å². The summed E-state index contributed by atoms with van der Waals surface area (Å²) in [6, 6.07) is 15.8. The number of hydrogen-bond acceptors (Lipinski definition) is 8. The van der Waals surface area contributed by atoms with Crippen LogP contribution in [0.1, 0.15) is 95.6 Å². The van der Waals surface area contributed by atoms with Gasteiger partial charge in [0.2, 0.25) is 17.5 Å². The molecule has 1 saturated carbocycles. The zero-order chi connectivity index (χ0) is 39.0. The Morgan fingerprint density at radius 3 is 2.07 bits per heavy atom. The standard InChI is InChI=1S/C42H43ClN6O6/c1-41(2)39(42(3,4)40(41)55-28-10-11-32(44-5)31(43)20-28)45-26-8-6-23(7-9-26)36(52)47-16-14-27(15-17-47)48-21-24-18-29-30(19-25(24)22-48)38(54)49(37(29)53)33-12-13-34(50)46-35(33)51/h6-11,18-20,27,33,39-40,45H,12-17,21-22H2,1-4H3,(H,46,50,51). The molecule has 2 N–H and O–H groups in total. The molecule has 0 aromatic heterocycles. The quantitative estimate of drug-likeness (QED) is 0.215. The summed E-state index contributed by atoms with van der Waals surface area (Å²) >= 11 is 6.27. The molecule has 12 nitrogen and oxygen atoms in total. The number of carbonyl (C=O) groups excluding carboxylic acids is 5. The summed E-state index contributed by atoms with van der Waals surface area (Å²) in [5.74, 6) is -1.36. The second-order valence-corrected chi connectivity index (χ2v) is 17.0. The Morgan fingerprint density at radius 1 is 0.891 bits per heavy atom. The van der Waals surface area contributed by atoms with Crippen molar-refractivity contribution in [2.75, 3.05) is 18.4 Å². The van der Waals surface area contributed by atoms with Crippen molar-refractivity contribution in [3.8, 4) is 5.75 Å². The van der Waals surface area contributed by atoms with Gasteiger partial charge in [-0.2, -0.15) is 0 Å². The van der Waals surface area contributed by atoms with Crippen molar-refractivity contribution in [3.05, 3.63) is 98.9 Å². The van der Waals surface area contributed by atoms with E-state index in [2.05, 4.69) is 48.1 Å². The summed E-state index contributed by atoms with van der Waals surface area (Å²) in [6.07, 6.45) is 1.73. The number of nitrogens with one attached hydrogen (secondary N) is 2. The van der Waals surface area contributed by atoms with Gasteiger partial charge in [0.1, 0.15) is 17.9 Å². The Balaban J connectivity index is 0.846. The van der Waals surface area contributed by atoms with E-state index < -0.39 is 29.7 Å². The Hall–Kier alpha value is -5.25. The number of imide groups is 2. The maximum Gasteiger partial charge on any atom is 0.262 e. The highest BCUT2D eigenvalue weighted by Crippen LogP contribution is 2.56. The molecule has 1 unspecified atom stereocenters. The number of amides is 5. The van der Waals surface area contributed by atoms with Crippen molar-refractivity contribution in [1.29, 1.82) is 0 Å². The number of carbonyl (C=O) groups is 5. The van der Waals surface area contributed by atoms with Crippen LogP contribution in [0.4, 0.5) is 11.4 Å². The van der Waals surface area contributed by atoms with Crippen LogP contribution < -0.4 is 15.4 Å². The molecular formula is C42H43ClN6O6. The number of nitrogens with zero attached hydrogens (tertiary/aromatic N) is 4. The zero-order valence-electron chi connectivity index (χ0n) is 31.3. The first-order valence-corrected chi connectivity index (χ1v) is 19.2. The molecule has 3 fully saturated rings. The van der Waals surface area contributed by atoms with E-state index in [0.29, 0.717) is 59.3 Å². The molecule has 0 bridgehead atoms. The summed E-state index contributed by atoms with van der Waals surface area (Å²) in [5.41, 5.74) is 4.11. The highest BCUT2D eigenvalue weighted by Gasteiger charge is 2.63. The number of benzene rings is 3. The van der Waals surface area contributed by atoms with Crippen LogP contribution in [-0.4, -0.2) is 81.6 Å². The van der Waals surface area contributed by atoms with Gasteiger partial charge in [0.05, 0.1) is 22.7 Å². The summed E-state index contributed by atoms with van der Waals surface area (Å²) in [6.45, 7) is 18.5. The highest BCUT2D eigenvalue weighted by molar-refractivity contribution is 6.33. The summed E-state index contributed by atoms with van der Waals surface area (Å²) < 4.78 is 6.43. The van der Waals surface area contributed by atoms with Gasteiger partial charge in [-0.25, -0.2) is 4.85 Å². The number of hydrogen-bond donors (Lipinski definition) is 2. The fourth-order valence-electron chi connectivity index (χ4n) is 9.73. The third-order valence-corrected chi connectivity index (χ3v) is 12.7. The first kappa shape index (κ1) is 36.7. The Morgan fingerprint density at radius 2 is 1.51 bits per heavy atom. The number of likely N-dealkylation sites (tertiary alicyclic amines) is 1. The van der Waals surface area contributed by atoms with Crippen LogP contribution in [0.2, 0.25) is 5.02 Å². The molecule has 55 heavy (non-hydrogen) atoms. The first-order valence-electron chi connectivity index (χ1n) is 18.8. The number of rotatable bonds is 7. The monoisotopic (exact) mass is 762 g/mol. The molecule has 0 radical (unpaired) electrons. The maximum atomic E-state index is 13.6. The van der Waals surface area contributed by atoms with E-state index in [9.17, 15) is 24.0 Å².